The van der Waals surface area contributed by atoms with Crippen LogP contribution in [0, 0.1) is 11.6 Å². The summed E-state index contributed by atoms with van der Waals surface area (Å²) in [5, 5.41) is 13.0. The summed E-state index contributed by atoms with van der Waals surface area (Å²) >= 11 is 12.6. The molecule has 4 aromatic rings. The molecule has 0 aliphatic heterocycles. The van der Waals surface area contributed by atoms with E-state index < -0.39 is 35.1 Å². The number of amides is 1. The molecular formula is C26H18Cl2F2N2O4. The van der Waals surface area contributed by atoms with Gasteiger partial charge in [0, 0.05) is 23.6 Å². The molecule has 0 spiro atoms. The molecule has 6 nitrogen and oxygen atoms in total. The van der Waals surface area contributed by atoms with E-state index in [1.807, 2.05) is 0 Å². The van der Waals surface area contributed by atoms with Crippen LogP contribution in [0.15, 0.2) is 60.8 Å². The van der Waals surface area contributed by atoms with Crippen LogP contribution < -0.4 is 10.1 Å². The first-order valence-electron chi connectivity index (χ1n) is 10.6. The van der Waals surface area contributed by atoms with Gasteiger partial charge >= 0.3 is 5.97 Å². The fourth-order valence-electron chi connectivity index (χ4n) is 3.96. The first-order valence-corrected chi connectivity index (χ1v) is 11.3. The van der Waals surface area contributed by atoms with Crippen molar-refractivity contribution in [1.29, 1.82) is 0 Å². The molecule has 184 valence electrons. The lowest BCUT2D eigenvalue weighted by Crippen LogP contribution is -2.42. The number of halogens is 4. The van der Waals surface area contributed by atoms with Crippen molar-refractivity contribution < 1.29 is 28.2 Å². The van der Waals surface area contributed by atoms with Gasteiger partial charge in [0.1, 0.15) is 29.0 Å². The van der Waals surface area contributed by atoms with Gasteiger partial charge in [-0.2, -0.15) is 0 Å². The van der Waals surface area contributed by atoms with Gasteiger partial charge in [0.05, 0.1) is 22.7 Å². The number of fused-ring (bicyclic) bond motifs is 1. The summed E-state index contributed by atoms with van der Waals surface area (Å²) in [4.78, 5) is 29.2. The van der Waals surface area contributed by atoms with Gasteiger partial charge in [0.15, 0.2) is 0 Å². The lowest BCUT2D eigenvalue weighted by atomic mass is 9.95. The van der Waals surface area contributed by atoms with Crippen LogP contribution in [0.4, 0.5) is 8.78 Å². The molecule has 36 heavy (non-hydrogen) atoms. The van der Waals surface area contributed by atoms with Gasteiger partial charge in [-0.1, -0.05) is 47.5 Å². The van der Waals surface area contributed by atoms with E-state index in [9.17, 15) is 23.5 Å². The van der Waals surface area contributed by atoms with E-state index in [2.05, 4.69) is 10.3 Å². The number of carbonyl (C=O) groups excluding carboxylic acids is 1. The monoisotopic (exact) mass is 530 g/mol. The van der Waals surface area contributed by atoms with Crippen LogP contribution in [0.5, 0.6) is 5.75 Å². The number of nitrogens with one attached hydrogen (secondary N) is 1. The predicted octanol–water partition coefficient (Wildman–Crippen LogP) is 5.92. The van der Waals surface area contributed by atoms with Crippen molar-refractivity contribution in [3.63, 3.8) is 0 Å². The van der Waals surface area contributed by atoms with Gasteiger partial charge in [-0.15, -0.1) is 0 Å². The van der Waals surface area contributed by atoms with Crippen LogP contribution >= 0.6 is 23.2 Å². The van der Waals surface area contributed by atoms with Crippen LogP contribution in [0.25, 0.3) is 22.0 Å². The van der Waals surface area contributed by atoms with Crippen molar-refractivity contribution in [3.05, 3.63) is 93.6 Å². The fraction of sp³-hybridized carbons (Fsp3) is 0.115. The molecule has 1 atom stereocenters. The Hall–Kier alpha value is -3.75. The van der Waals surface area contributed by atoms with Crippen LogP contribution in [0.3, 0.4) is 0 Å². The molecular weight excluding hydrogens is 513 g/mol. The molecule has 0 bridgehead atoms. The van der Waals surface area contributed by atoms with E-state index in [-0.39, 0.29) is 22.2 Å². The number of pyridine rings is 1. The van der Waals surface area contributed by atoms with Gasteiger partial charge in [-0.25, -0.2) is 13.6 Å². The molecule has 0 unspecified atom stereocenters. The Morgan fingerprint density at radius 1 is 1.08 bits per heavy atom. The minimum Gasteiger partial charge on any atom is -0.496 e. The number of nitrogens with zero attached hydrogens (tertiary/aromatic N) is 1. The van der Waals surface area contributed by atoms with Gasteiger partial charge in [0.2, 0.25) is 0 Å². The number of carboxylic acids is 1. The number of hydrogen-bond donors (Lipinski definition) is 2. The first kappa shape index (κ1) is 25.3. The summed E-state index contributed by atoms with van der Waals surface area (Å²) in [6.45, 7) is 0. The summed E-state index contributed by atoms with van der Waals surface area (Å²) < 4.78 is 33.1. The van der Waals surface area contributed by atoms with Crippen molar-refractivity contribution in [2.24, 2.45) is 0 Å². The highest BCUT2D eigenvalue weighted by Gasteiger charge is 2.26. The van der Waals surface area contributed by atoms with Crippen LogP contribution in [-0.4, -0.2) is 35.1 Å². The van der Waals surface area contributed by atoms with Gasteiger partial charge in [-0.05, 0) is 41.5 Å². The molecule has 1 heterocycles. The van der Waals surface area contributed by atoms with Crippen LogP contribution in [0.1, 0.15) is 15.9 Å². The van der Waals surface area contributed by atoms with Gasteiger partial charge in [-0.3, -0.25) is 9.78 Å². The number of carbonyl (C=O) groups is 2. The Morgan fingerprint density at radius 2 is 1.81 bits per heavy atom. The maximum Gasteiger partial charge on any atom is 0.326 e. The van der Waals surface area contributed by atoms with E-state index in [1.54, 1.807) is 24.3 Å². The molecule has 4 rings (SSSR count). The largest absolute Gasteiger partial charge is 0.496 e. The maximum absolute atomic E-state index is 14.3. The molecule has 1 aromatic heterocycles. The van der Waals surface area contributed by atoms with E-state index >= 15 is 0 Å². The lowest BCUT2D eigenvalue weighted by molar-refractivity contribution is -0.139. The Balaban J connectivity index is 1.73. The highest BCUT2D eigenvalue weighted by molar-refractivity contribution is 6.39. The number of hydrogen-bond acceptors (Lipinski definition) is 4. The zero-order valence-corrected chi connectivity index (χ0v) is 20.2. The summed E-state index contributed by atoms with van der Waals surface area (Å²) in [5.74, 6) is -3.71. The smallest absolute Gasteiger partial charge is 0.326 e. The predicted molar refractivity (Wildman–Crippen MR) is 133 cm³/mol. The molecule has 3 aromatic carbocycles. The molecule has 0 saturated heterocycles. The Kier molecular flexibility index (Phi) is 7.37. The molecule has 10 heteroatoms. The second kappa shape index (κ2) is 10.5. The summed E-state index contributed by atoms with van der Waals surface area (Å²) in [6, 6.07) is 11.5. The summed E-state index contributed by atoms with van der Waals surface area (Å²) in [6.07, 6.45) is 1.37. The zero-order valence-electron chi connectivity index (χ0n) is 18.7. The third kappa shape index (κ3) is 4.96. The van der Waals surface area contributed by atoms with Crippen LogP contribution in [-0.2, 0) is 11.2 Å². The number of methoxy groups -OCH3 is 1. The number of benzene rings is 3. The number of aliphatic carboxylic acids is 1. The molecule has 0 radical (unpaired) electrons. The maximum atomic E-state index is 14.3. The molecule has 0 aliphatic carbocycles. The van der Waals surface area contributed by atoms with E-state index in [0.29, 0.717) is 27.6 Å². The SMILES string of the molecule is COc1cccc(F)c1C(=O)N[C@@H](Cc1ccc(-c2c(Cl)cc(F)cc2Cl)c2cccnc12)C(=O)O. The molecule has 1 amide bonds. The fourth-order valence-corrected chi connectivity index (χ4v) is 4.62. The summed E-state index contributed by atoms with van der Waals surface area (Å²) in [7, 11) is 1.28. The first-order chi connectivity index (χ1) is 17.2. The topological polar surface area (TPSA) is 88.5 Å². The highest BCUT2D eigenvalue weighted by atomic mass is 35.5. The molecule has 2 N–H and O–H groups in total. The third-order valence-electron chi connectivity index (χ3n) is 5.58. The van der Waals surface area contributed by atoms with Crippen molar-refractivity contribution >= 4 is 46.0 Å². The standard InChI is InChI=1S/C26H18Cl2F2N2O4/c1-36-21-6-2-5-19(30)23(21)25(33)32-20(26(34)35)10-13-7-8-15(16-4-3-9-31-24(13)16)22-17(27)11-14(29)12-18(22)28/h2-9,11-12,20H,10H2,1H3,(H,32,33)(H,34,35)/t20-/m0/s1. The lowest BCUT2D eigenvalue weighted by Gasteiger charge is -2.18. The van der Waals surface area contributed by atoms with E-state index in [0.717, 1.165) is 18.2 Å². The Bertz CT molecular complexity index is 1470. The number of carboxylic acid groups (broad SMARTS) is 1. The summed E-state index contributed by atoms with van der Waals surface area (Å²) in [5.41, 5.74) is 1.51. The molecule has 0 saturated carbocycles. The second-order valence-corrected chi connectivity index (χ2v) is 8.62. The van der Waals surface area contributed by atoms with Crippen molar-refractivity contribution in [1.82, 2.24) is 10.3 Å². The van der Waals surface area contributed by atoms with Gasteiger partial charge in [0.25, 0.3) is 5.91 Å². The van der Waals surface area contributed by atoms with Crippen LogP contribution in [0.2, 0.25) is 10.0 Å². The molecule has 0 aliphatic rings. The van der Waals surface area contributed by atoms with Crippen molar-refractivity contribution in [2.75, 3.05) is 7.11 Å². The van der Waals surface area contributed by atoms with Crippen molar-refractivity contribution in [3.8, 4) is 16.9 Å². The second-order valence-electron chi connectivity index (χ2n) is 7.80. The van der Waals surface area contributed by atoms with E-state index in [1.165, 1.54) is 25.4 Å². The third-order valence-corrected chi connectivity index (χ3v) is 6.18. The minimum atomic E-state index is -1.41. The Morgan fingerprint density at radius 3 is 2.47 bits per heavy atom. The molecule has 0 fully saturated rings. The van der Waals surface area contributed by atoms with E-state index in [4.69, 9.17) is 27.9 Å². The number of rotatable bonds is 7. The highest BCUT2D eigenvalue weighted by Crippen LogP contribution is 2.39. The van der Waals surface area contributed by atoms with Gasteiger partial charge < -0.3 is 15.2 Å². The average Bonchev–Trinajstić information content (AvgIpc) is 2.83. The number of ether oxygens (including phenoxy) is 1. The van der Waals surface area contributed by atoms with Crippen molar-refractivity contribution in [2.45, 2.75) is 12.5 Å². The quantitative estimate of drug-likeness (QED) is 0.309. The Labute approximate surface area is 214 Å². The number of aromatic nitrogens is 1. The normalized spacial score (nSPS) is 11.8. The minimum absolute atomic E-state index is 0.0267. The average molecular weight is 531 g/mol. The zero-order chi connectivity index (χ0) is 26.0.